The second-order valence-electron chi connectivity index (χ2n) is 7.30. The quantitative estimate of drug-likeness (QED) is 0.636. The first kappa shape index (κ1) is 20.8. The van der Waals surface area contributed by atoms with Crippen LogP contribution < -0.4 is 15.0 Å². The third kappa shape index (κ3) is 5.00. The summed E-state index contributed by atoms with van der Waals surface area (Å²) in [5.41, 5.74) is 1.66. The molecule has 1 atom stereocenters. The maximum absolute atomic E-state index is 13.5. The van der Waals surface area contributed by atoms with Crippen LogP contribution in [-0.4, -0.2) is 53.6 Å². The van der Waals surface area contributed by atoms with Gasteiger partial charge >= 0.3 is 0 Å². The minimum Gasteiger partial charge on any atom is -0.492 e. The summed E-state index contributed by atoms with van der Waals surface area (Å²) in [6.45, 7) is 5.46. The second kappa shape index (κ2) is 10.0. The van der Waals surface area contributed by atoms with E-state index in [9.17, 15) is 4.79 Å². The normalized spacial score (nSPS) is 15.3. The lowest BCUT2D eigenvalue weighted by atomic mass is 10.0. The minimum absolute atomic E-state index is 0.0669. The number of carbonyl (C=O) groups excluding carboxylic acids is 1. The van der Waals surface area contributed by atoms with Gasteiger partial charge in [-0.2, -0.15) is 0 Å². The molecule has 1 aromatic heterocycles. The lowest BCUT2D eigenvalue weighted by molar-refractivity contribution is -0.121. The summed E-state index contributed by atoms with van der Waals surface area (Å²) in [6, 6.07) is 18.9. The molecule has 1 amide bonds. The fraction of sp³-hybridized carbons (Fsp3) is 0.292. The van der Waals surface area contributed by atoms with Crippen molar-refractivity contribution >= 4 is 17.5 Å². The number of piperazine rings is 1. The maximum Gasteiger partial charge on any atom is 0.246 e. The standard InChI is InChI=1S/C24H27N5O2/c1-2-31-21-12-7-6-11-20(21)27-23(30)22(19-9-4-3-5-10-19)28-15-17-29(18-16-28)24-25-13-8-14-26-24/h3-14,22H,2,15-18H2,1H3,(H,27,30)/t22-/m0/s1. The van der Waals surface area contributed by atoms with Crippen molar-refractivity contribution in [1.82, 2.24) is 14.9 Å². The molecule has 1 aliphatic heterocycles. The number of ether oxygens (including phenoxy) is 1. The van der Waals surface area contributed by atoms with Crippen molar-refractivity contribution in [3.8, 4) is 5.75 Å². The molecule has 31 heavy (non-hydrogen) atoms. The SMILES string of the molecule is CCOc1ccccc1NC(=O)[C@H](c1ccccc1)N1CCN(c2ncccn2)CC1. The Hall–Kier alpha value is -3.45. The van der Waals surface area contributed by atoms with Crippen molar-refractivity contribution in [2.75, 3.05) is 43.0 Å². The van der Waals surface area contributed by atoms with Crippen molar-refractivity contribution < 1.29 is 9.53 Å². The predicted octanol–water partition coefficient (Wildman–Crippen LogP) is 3.38. The summed E-state index contributed by atoms with van der Waals surface area (Å²) in [5.74, 6) is 1.34. The van der Waals surface area contributed by atoms with Gasteiger partial charge in [0.15, 0.2) is 0 Å². The summed E-state index contributed by atoms with van der Waals surface area (Å²) in [6.07, 6.45) is 3.51. The minimum atomic E-state index is -0.394. The Labute approximate surface area is 182 Å². The number of para-hydroxylation sites is 2. The molecule has 0 bridgehead atoms. The third-order valence-corrected chi connectivity index (χ3v) is 5.32. The second-order valence-corrected chi connectivity index (χ2v) is 7.30. The van der Waals surface area contributed by atoms with E-state index in [1.165, 1.54) is 0 Å². The highest BCUT2D eigenvalue weighted by atomic mass is 16.5. The average Bonchev–Trinajstić information content (AvgIpc) is 2.82. The summed E-state index contributed by atoms with van der Waals surface area (Å²) < 4.78 is 5.68. The first-order valence-electron chi connectivity index (χ1n) is 10.6. The molecule has 160 valence electrons. The molecule has 7 heteroatoms. The zero-order chi connectivity index (χ0) is 21.5. The number of anilines is 2. The first-order chi connectivity index (χ1) is 15.3. The molecule has 4 rings (SSSR count). The van der Waals surface area contributed by atoms with Crippen LogP contribution in [-0.2, 0) is 4.79 Å². The van der Waals surface area contributed by atoms with E-state index in [1.54, 1.807) is 12.4 Å². The van der Waals surface area contributed by atoms with Crippen LogP contribution in [0.1, 0.15) is 18.5 Å². The molecule has 2 heterocycles. The molecule has 0 saturated carbocycles. The Balaban J connectivity index is 1.53. The van der Waals surface area contributed by atoms with E-state index < -0.39 is 6.04 Å². The van der Waals surface area contributed by atoms with Crippen LogP contribution in [0.25, 0.3) is 0 Å². The van der Waals surface area contributed by atoms with Gasteiger partial charge in [0.25, 0.3) is 0 Å². The third-order valence-electron chi connectivity index (χ3n) is 5.32. The largest absolute Gasteiger partial charge is 0.492 e. The molecule has 0 radical (unpaired) electrons. The molecule has 3 aromatic rings. The fourth-order valence-electron chi connectivity index (χ4n) is 3.85. The highest BCUT2D eigenvalue weighted by Gasteiger charge is 2.31. The number of benzene rings is 2. The molecule has 0 spiro atoms. The molecule has 1 fully saturated rings. The number of nitrogens with zero attached hydrogens (tertiary/aromatic N) is 4. The molecular weight excluding hydrogens is 390 g/mol. The van der Waals surface area contributed by atoms with Crippen molar-refractivity contribution in [2.45, 2.75) is 13.0 Å². The van der Waals surface area contributed by atoms with Crippen LogP contribution in [0, 0.1) is 0 Å². The van der Waals surface area contributed by atoms with E-state index in [0.29, 0.717) is 18.0 Å². The maximum atomic E-state index is 13.5. The highest BCUT2D eigenvalue weighted by molar-refractivity contribution is 5.96. The van der Waals surface area contributed by atoms with Crippen LogP contribution in [0.3, 0.4) is 0 Å². The number of rotatable bonds is 7. The van der Waals surface area contributed by atoms with Gasteiger partial charge in [-0.1, -0.05) is 42.5 Å². The van der Waals surface area contributed by atoms with Crippen LogP contribution in [0.2, 0.25) is 0 Å². The topological polar surface area (TPSA) is 70.6 Å². The predicted molar refractivity (Wildman–Crippen MR) is 121 cm³/mol. The van der Waals surface area contributed by atoms with Gasteiger partial charge in [-0.05, 0) is 30.7 Å². The Morgan fingerprint density at radius 3 is 2.35 bits per heavy atom. The van der Waals surface area contributed by atoms with Crippen LogP contribution in [0.5, 0.6) is 5.75 Å². The zero-order valence-electron chi connectivity index (χ0n) is 17.6. The Morgan fingerprint density at radius 2 is 1.65 bits per heavy atom. The Morgan fingerprint density at radius 1 is 0.968 bits per heavy atom. The lowest BCUT2D eigenvalue weighted by Gasteiger charge is -2.38. The van der Waals surface area contributed by atoms with Crippen molar-refractivity contribution in [1.29, 1.82) is 0 Å². The molecule has 0 unspecified atom stereocenters. The van der Waals surface area contributed by atoms with Gasteiger partial charge in [0.05, 0.1) is 12.3 Å². The van der Waals surface area contributed by atoms with Gasteiger partial charge in [0.1, 0.15) is 11.8 Å². The van der Waals surface area contributed by atoms with E-state index in [-0.39, 0.29) is 5.91 Å². The Bertz CT molecular complexity index is 976. The van der Waals surface area contributed by atoms with Crippen LogP contribution in [0.15, 0.2) is 73.1 Å². The van der Waals surface area contributed by atoms with Crippen molar-refractivity contribution in [2.24, 2.45) is 0 Å². The van der Waals surface area contributed by atoms with Gasteiger partial charge < -0.3 is 15.0 Å². The molecule has 1 saturated heterocycles. The fourth-order valence-corrected chi connectivity index (χ4v) is 3.85. The monoisotopic (exact) mass is 417 g/mol. The number of nitrogens with one attached hydrogen (secondary N) is 1. The molecule has 1 N–H and O–H groups in total. The number of amides is 1. The first-order valence-corrected chi connectivity index (χ1v) is 10.6. The summed E-state index contributed by atoms with van der Waals surface area (Å²) in [7, 11) is 0. The van der Waals surface area contributed by atoms with E-state index in [1.807, 2.05) is 67.6 Å². The number of aromatic nitrogens is 2. The summed E-state index contributed by atoms with van der Waals surface area (Å²) in [5, 5.41) is 3.09. The van der Waals surface area contributed by atoms with Gasteiger partial charge in [0, 0.05) is 38.6 Å². The zero-order valence-corrected chi connectivity index (χ0v) is 17.6. The molecule has 0 aliphatic carbocycles. The van der Waals surface area contributed by atoms with Crippen molar-refractivity contribution in [3.63, 3.8) is 0 Å². The van der Waals surface area contributed by atoms with E-state index in [2.05, 4.69) is 25.1 Å². The lowest BCUT2D eigenvalue weighted by Crippen LogP contribution is -2.50. The number of hydrogen-bond donors (Lipinski definition) is 1. The van der Waals surface area contributed by atoms with Gasteiger partial charge in [0.2, 0.25) is 11.9 Å². The van der Waals surface area contributed by atoms with E-state index in [0.717, 1.165) is 37.7 Å². The Kier molecular flexibility index (Phi) is 6.74. The van der Waals surface area contributed by atoms with E-state index in [4.69, 9.17) is 4.74 Å². The van der Waals surface area contributed by atoms with Crippen LogP contribution in [0.4, 0.5) is 11.6 Å². The summed E-state index contributed by atoms with van der Waals surface area (Å²) in [4.78, 5) is 26.5. The van der Waals surface area contributed by atoms with Crippen molar-refractivity contribution in [3.05, 3.63) is 78.6 Å². The van der Waals surface area contributed by atoms with Gasteiger partial charge in [-0.3, -0.25) is 9.69 Å². The molecule has 1 aliphatic rings. The van der Waals surface area contributed by atoms with Crippen LogP contribution >= 0.6 is 0 Å². The molecule has 7 nitrogen and oxygen atoms in total. The smallest absolute Gasteiger partial charge is 0.246 e. The molecular formula is C24H27N5O2. The number of carbonyl (C=O) groups is 1. The van der Waals surface area contributed by atoms with Gasteiger partial charge in [-0.15, -0.1) is 0 Å². The van der Waals surface area contributed by atoms with Gasteiger partial charge in [-0.25, -0.2) is 9.97 Å². The summed E-state index contributed by atoms with van der Waals surface area (Å²) >= 11 is 0. The number of hydrogen-bond acceptors (Lipinski definition) is 6. The molecule has 2 aromatic carbocycles. The average molecular weight is 418 g/mol. The van der Waals surface area contributed by atoms with E-state index >= 15 is 0 Å². The highest BCUT2D eigenvalue weighted by Crippen LogP contribution is 2.28.